The molecule has 1 heterocycles. The van der Waals surface area contributed by atoms with Gasteiger partial charge in [0, 0.05) is 21.8 Å². The van der Waals surface area contributed by atoms with Gasteiger partial charge in [-0.3, -0.25) is 4.72 Å². The molecule has 0 unspecified atom stereocenters. The van der Waals surface area contributed by atoms with E-state index in [4.69, 9.17) is 4.42 Å². The van der Waals surface area contributed by atoms with Crippen LogP contribution in [0.15, 0.2) is 50.2 Å². The summed E-state index contributed by atoms with van der Waals surface area (Å²) < 4.78 is 35.5. The van der Waals surface area contributed by atoms with E-state index in [-0.39, 0.29) is 10.3 Å². The third-order valence-corrected chi connectivity index (χ3v) is 7.89. The number of halogens is 1. The summed E-state index contributed by atoms with van der Waals surface area (Å²) in [6.07, 6.45) is 3.02. The molecule has 4 nitrogen and oxygen atoms in total. The van der Waals surface area contributed by atoms with Gasteiger partial charge in [-0.2, -0.15) is 0 Å². The van der Waals surface area contributed by atoms with Crippen molar-refractivity contribution >= 4 is 42.6 Å². The van der Waals surface area contributed by atoms with Crippen molar-refractivity contribution in [2.75, 3.05) is 4.72 Å². The Balaban J connectivity index is 1.73. The van der Waals surface area contributed by atoms with Gasteiger partial charge in [0.25, 0.3) is 10.0 Å². The Morgan fingerprint density at radius 1 is 1.14 bits per heavy atom. The average molecular weight is 476 g/mol. The van der Waals surface area contributed by atoms with Crippen molar-refractivity contribution in [3.8, 4) is 0 Å². The van der Waals surface area contributed by atoms with Crippen LogP contribution in [0, 0.1) is 18.3 Å². The van der Waals surface area contributed by atoms with Gasteiger partial charge < -0.3 is 4.42 Å². The Morgan fingerprint density at radius 2 is 1.83 bits per heavy atom. The Kier molecular flexibility index (Phi) is 5.06. The molecule has 0 amide bonds. The van der Waals surface area contributed by atoms with Crippen LogP contribution in [0.5, 0.6) is 0 Å². The fraction of sp³-hybridized carbons (Fsp3) is 0.391. The van der Waals surface area contributed by atoms with Gasteiger partial charge in [-0.1, -0.05) is 36.7 Å². The lowest BCUT2D eigenvalue weighted by atomic mass is 9.71. The minimum absolute atomic E-state index is 0.234. The first-order valence-corrected chi connectivity index (χ1v) is 12.2. The second-order valence-corrected chi connectivity index (χ2v) is 11.6. The molecule has 1 N–H and O–H groups in total. The normalized spacial score (nSPS) is 17.3. The van der Waals surface area contributed by atoms with Crippen LogP contribution in [0.25, 0.3) is 11.0 Å². The van der Waals surface area contributed by atoms with Gasteiger partial charge in [-0.05, 0) is 73.1 Å². The molecule has 4 rings (SSSR count). The topological polar surface area (TPSA) is 59.3 Å². The third kappa shape index (κ3) is 3.97. The summed E-state index contributed by atoms with van der Waals surface area (Å²) in [5, 5.41) is 1.02. The molecule has 0 spiro atoms. The van der Waals surface area contributed by atoms with Gasteiger partial charge in [-0.25, -0.2) is 8.42 Å². The van der Waals surface area contributed by atoms with Crippen LogP contribution in [0.1, 0.15) is 44.1 Å². The van der Waals surface area contributed by atoms with E-state index >= 15 is 0 Å². The number of nitrogens with one attached hydrogen (secondary N) is 1. The second-order valence-electron chi connectivity index (χ2n) is 9.03. The molecule has 0 radical (unpaired) electrons. The highest BCUT2D eigenvalue weighted by atomic mass is 79.9. The van der Waals surface area contributed by atoms with E-state index in [1.165, 1.54) is 5.56 Å². The number of sulfonamides is 1. The van der Waals surface area contributed by atoms with E-state index in [1.807, 2.05) is 19.1 Å². The van der Waals surface area contributed by atoms with Crippen molar-refractivity contribution in [3.05, 3.63) is 57.8 Å². The SMILES string of the molecule is Cc1cc2oc3c(c2cc1NS(=O)(=O)c1ccc(Br)cc1)C[C@@H](C(C)(C)C)CC3. The third-order valence-electron chi connectivity index (χ3n) is 5.98. The van der Waals surface area contributed by atoms with Crippen LogP contribution in [0.3, 0.4) is 0 Å². The first kappa shape index (κ1) is 20.5. The largest absolute Gasteiger partial charge is 0.461 e. The summed E-state index contributed by atoms with van der Waals surface area (Å²) in [4.78, 5) is 0.238. The predicted octanol–water partition coefficient (Wildman–Crippen LogP) is 6.46. The summed E-state index contributed by atoms with van der Waals surface area (Å²) in [5.41, 5.74) is 3.75. The molecule has 0 saturated carbocycles. The molecular weight excluding hydrogens is 450 g/mol. The van der Waals surface area contributed by atoms with E-state index in [1.54, 1.807) is 24.3 Å². The summed E-state index contributed by atoms with van der Waals surface area (Å²) in [5.74, 6) is 1.63. The van der Waals surface area contributed by atoms with Crippen LogP contribution in [-0.4, -0.2) is 8.42 Å². The van der Waals surface area contributed by atoms with Crippen molar-refractivity contribution in [1.82, 2.24) is 0 Å². The molecule has 2 aromatic carbocycles. The van der Waals surface area contributed by atoms with E-state index in [0.29, 0.717) is 11.6 Å². The van der Waals surface area contributed by atoms with Crippen LogP contribution < -0.4 is 4.72 Å². The van der Waals surface area contributed by atoms with Gasteiger partial charge in [-0.15, -0.1) is 0 Å². The number of rotatable bonds is 3. The summed E-state index contributed by atoms with van der Waals surface area (Å²) in [7, 11) is -3.66. The van der Waals surface area contributed by atoms with Gasteiger partial charge >= 0.3 is 0 Å². The summed E-state index contributed by atoms with van der Waals surface area (Å²) in [6.45, 7) is 8.75. The van der Waals surface area contributed by atoms with Crippen molar-refractivity contribution in [3.63, 3.8) is 0 Å². The number of hydrogen-bond acceptors (Lipinski definition) is 3. The molecule has 154 valence electrons. The molecule has 1 aliphatic carbocycles. The lowest BCUT2D eigenvalue weighted by Crippen LogP contribution is -2.26. The monoisotopic (exact) mass is 475 g/mol. The first-order chi connectivity index (χ1) is 13.5. The van der Waals surface area contributed by atoms with Crippen molar-refractivity contribution in [1.29, 1.82) is 0 Å². The van der Waals surface area contributed by atoms with E-state index in [2.05, 4.69) is 41.4 Å². The number of fused-ring (bicyclic) bond motifs is 3. The smallest absolute Gasteiger partial charge is 0.261 e. The molecule has 6 heteroatoms. The Hall–Kier alpha value is -1.79. The van der Waals surface area contributed by atoms with Crippen LogP contribution in [-0.2, 0) is 22.9 Å². The number of aryl methyl sites for hydroxylation is 2. The fourth-order valence-electron chi connectivity index (χ4n) is 4.09. The minimum Gasteiger partial charge on any atom is -0.461 e. The van der Waals surface area contributed by atoms with E-state index in [9.17, 15) is 8.42 Å². The molecule has 0 saturated heterocycles. The molecular formula is C23H26BrNO3S. The highest BCUT2D eigenvalue weighted by Crippen LogP contribution is 2.42. The Labute approximate surface area is 180 Å². The maximum absolute atomic E-state index is 12.9. The highest BCUT2D eigenvalue weighted by Gasteiger charge is 2.32. The molecule has 1 aromatic heterocycles. The van der Waals surface area contributed by atoms with Crippen LogP contribution in [0.2, 0.25) is 0 Å². The zero-order valence-corrected chi connectivity index (χ0v) is 19.6. The highest BCUT2D eigenvalue weighted by molar-refractivity contribution is 9.10. The average Bonchev–Trinajstić information content (AvgIpc) is 2.98. The molecule has 29 heavy (non-hydrogen) atoms. The lowest BCUT2D eigenvalue weighted by Gasteiger charge is -2.33. The lowest BCUT2D eigenvalue weighted by molar-refractivity contribution is 0.210. The maximum atomic E-state index is 12.9. The molecule has 3 aromatic rings. The van der Waals surface area contributed by atoms with Gasteiger partial charge in [0.05, 0.1) is 10.6 Å². The van der Waals surface area contributed by atoms with E-state index < -0.39 is 10.0 Å². The fourth-order valence-corrected chi connectivity index (χ4v) is 5.48. The molecule has 1 aliphatic rings. The Bertz CT molecular complexity index is 1170. The molecule has 0 bridgehead atoms. The van der Waals surface area contributed by atoms with Crippen molar-refractivity contribution < 1.29 is 12.8 Å². The quantitative estimate of drug-likeness (QED) is 0.472. The van der Waals surface area contributed by atoms with Crippen molar-refractivity contribution in [2.45, 2.75) is 51.9 Å². The zero-order valence-electron chi connectivity index (χ0n) is 17.2. The Morgan fingerprint density at radius 3 is 2.48 bits per heavy atom. The number of benzene rings is 2. The molecule has 0 fully saturated rings. The minimum atomic E-state index is -3.66. The standard InChI is InChI=1S/C23H26BrNO3S/c1-14-11-22-19(18-12-15(23(2,3)4)5-10-21(18)28-22)13-20(14)25-29(26,27)17-8-6-16(24)7-9-17/h6-9,11,13,15,25H,5,10,12H2,1-4H3/t15-/m0/s1. The zero-order chi connectivity index (χ0) is 21.0. The van der Waals surface area contributed by atoms with Gasteiger partial charge in [0.15, 0.2) is 0 Å². The van der Waals surface area contributed by atoms with Crippen LogP contribution in [0.4, 0.5) is 5.69 Å². The number of hydrogen-bond donors (Lipinski definition) is 1. The first-order valence-electron chi connectivity index (χ1n) is 9.88. The molecule has 1 atom stereocenters. The van der Waals surface area contributed by atoms with E-state index in [0.717, 1.165) is 46.0 Å². The van der Waals surface area contributed by atoms with Gasteiger partial charge in [0.2, 0.25) is 0 Å². The number of anilines is 1. The number of furan rings is 1. The molecule has 0 aliphatic heterocycles. The summed E-state index contributed by atoms with van der Waals surface area (Å²) in [6, 6.07) is 10.5. The van der Waals surface area contributed by atoms with Gasteiger partial charge in [0.1, 0.15) is 11.3 Å². The second kappa shape index (κ2) is 7.17. The van der Waals surface area contributed by atoms with Crippen molar-refractivity contribution in [2.24, 2.45) is 11.3 Å². The van der Waals surface area contributed by atoms with Crippen LogP contribution >= 0.6 is 15.9 Å². The predicted molar refractivity (Wildman–Crippen MR) is 121 cm³/mol. The maximum Gasteiger partial charge on any atom is 0.261 e. The summed E-state index contributed by atoms with van der Waals surface area (Å²) >= 11 is 3.34.